The second kappa shape index (κ2) is 11.2. The van der Waals surface area contributed by atoms with E-state index in [1.54, 1.807) is 6.92 Å². The fraction of sp³-hybridized carbons (Fsp3) is 0.355. The van der Waals surface area contributed by atoms with Gasteiger partial charge in [-0.05, 0) is 79.1 Å². The summed E-state index contributed by atoms with van der Waals surface area (Å²) in [6.45, 7) is 9.93. The van der Waals surface area contributed by atoms with Crippen molar-refractivity contribution in [2.24, 2.45) is 5.41 Å². The van der Waals surface area contributed by atoms with Crippen LogP contribution in [-0.4, -0.2) is 37.8 Å². The average Bonchev–Trinajstić information content (AvgIpc) is 2.85. The summed E-state index contributed by atoms with van der Waals surface area (Å²) in [4.78, 5) is 12.8. The largest absolute Gasteiger partial charge is 0.457 e. The van der Waals surface area contributed by atoms with Gasteiger partial charge in [0, 0.05) is 54.8 Å². The molecule has 0 atom stereocenters. The molecule has 5 rings (SSSR count). The Hall–Kier alpha value is -3.64. The van der Waals surface area contributed by atoms with Gasteiger partial charge in [-0.25, -0.2) is 0 Å². The molecule has 1 heterocycles. The summed E-state index contributed by atoms with van der Waals surface area (Å²) in [5.41, 5.74) is 6.41. The second-order valence-electron chi connectivity index (χ2n) is 9.92. The Morgan fingerprint density at radius 3 is 2.27 bits per heavy atom. The van der Waals surface area contributed by atoms with E-state index in [4.69, 9.17) is 10.1 Å². The molecular weight excluding hydrogens is 460 g/mol. The molecule has 0 radical (unpaired) electrons. The normalized spacial score (nSPS) is 15.5. The summed E-state index contributed by atoms with van der Waals surface area (Å²) in [6, 6.07) is 19.9. The van der Waals surface area contributed by atoms with Gasteiger partial charge < -0.3 is 26.1 Å². The lowest BCUT2D eigenvalue weighted by molar-refractivity contribution is 0.0232. The van der Waals surface area contributed by atoms with E-state index in [-0.39, 0.29) is 11.9 Å². The van der Waals surface area contributed by atoms with Crippen LogP contribution in [0.25, 0.3) is 11.1 Å². The molecule has 6 nitrogen and oxygen atoms in total. The smallest absolute Gasteiger partial charge is 0.251 e. The zero-order valence-corrected chi connectivity index (χ0v) is 22.5. The number of hydrogen-bond acceptors (Lipinski definition) is 5. The predicted molar refractivity (Wildman–Crippen MR) is 152 cm³/mol. The summed E-state index contributed by atoms with van der Waals surface area (Å²) >= 11 is 0. The van der Waals surface area contributed by atoms with E-state index in [1.807, 2.05) is 82.4 Å². The highest BCUT2D eigenvalue weighted by Gasteiger charge is 2.48. The van der Waals surface area contributed by atoms with Crippen LogP contribution in [-0.2, 0) is 0 Å². The van der Waals surface area contributed by atoms with Crippen LogP contribution in [0.3, 0.4) is 0 Å². The maximum Gasteiger partial charge on any atom is 0.251 e. The molecule has 4 N–H and O–H groups in total. The second-order valence-corrected chi connectivity index (χ2v) is 9.92. The molecule has 2 fully saturated rings. The molecule has 3 aromatic rings. The van der Waals surface area contributed by atoms with E-state index in [1.165, 1.54) is 0 Å². The molecule has 0 aromatic heterocycles. The zero-order chi connectivity index (χ0) is 26.6. The van der Waals surface area contributed by atoms with Gasteiger partial charge in [0.05, 0.1) is 0 Å². The molecule has 6 heteroatoms. The minimum Gasteiger partial charge on any atom is -0.457 e. The van der Waals surface area contributed by atoms with Gasteiger partial charge >= 0.3 is 0 Å². The first kappa shape index (κ1) is 26.4. The Kier molecular flexibility index (Phi) is 7.98. The van der Waals surface area contributed by atoms with Crippen molar-refractivity contribution >= 4 is 17.3 Å². The van der Waals surface area contributed by atoms with Gasteiger partial charge in [0.2, 0.25) is 0 Å². The van der Waals surface area contributed by atoms with Gasteiger partial charge in [-0.3, -0.25) is 4.79 Å². The molecule has 194 valence electrons. The number of anilines is 1. The Morgan fingerprint density at radius 2 is 1.65 bits per heavy atom. The molecule has 0 bridgehead atoms. The maximum absolute atomic E-state index is 12.8. The number of rotatable bonds is 7. The highest BCUT2D eigenvalue weighted by atomic mass is 16.5. The number of benzene rings is 3. The summed E-state index contributed by atoms with van der Waals surface area (Å²) in [5, 5.41) is 17.6. The van der Waals surface area contributed by atoms with Gasteiger partial charge in [-0.2, -0.15) is 0 Å². The van der Waals surface area contributed by atoms with Crippen LogP contribution in [0, 0.1) is 17.7 Å². The van der Waals surface area contributed by atoms with Crippen molar-refractivity contribution in [2.45, 2.75) is 46.6 Å². The van der Waals surface area contributed by atoms with E-state index in [9.17, 15) is 4.79 Å². The van der Waals surface area contributed by atoms with Gasteiger partial charge in [0.1, 0.15) is 11.5 Å². The van der Waals surface area contributed by atoms with Crippen LogP contribution in [0.2, 0.25) is 0 Å². The molecule has 0 unspecified atom stereocenters. The number of ether oxygens (including phenoxy) is 1. The van der Waals surface area contributed by atoms with Gasteiger partial charge in [-0.1, -0.05) is 38.1 Å². The van der Waals surface area contributed by atoms with E-state index in [2.05, 4.69) is 22.0 Å². The molecule has 1 saturated carbocycles. The Bertz CT molecular complexity index is 1290. The first-order valence-corrected chi connectivity index (χ1v) is 13.1. The van der Waals surface area contributed by atoms with Crippen LogP contribution in [0.5, 0.6) is 11.5 Å². The third kappa shape index (κ3) is 5.70. The van der Waals surface area contributed by atoms with E-state index in [0.717, 1.165) is 65.2 Å². The minimum absolute atomic E-state index is 0.0159. The van der Waals surface area contributed by atoms with Crippen molar-refractivity contribution in [3.63, 3.8) is 0 Å². The van der Waals surface area contributed by atoms with Crippen molar-refractivity contribution in [3.05, 3.63) is 77.4 Å². The predicted octanol–water partition coefficient (Wildman–Crippen LogP) is 6.39. The molecule has 1 saturated heterocycles. The van der Waals surface area contributed by atoms with Crippen molar-refractivity contribution in [1.82, 2.24) is 10.6 Å². The lowest BCUT2D eigenvalue weighted by Crippen LogP contribution is -2.65. The summed E-state index contributed by atoms with van der Waals surface area (Å²) < 4.78 is 6.12. The van der Waals surface area contributed by atoms with Crippen molar-refractivity contribution < 1.29 is 9.53 Å². The van der Waals surface area contributed by atoms with Crippen LogP contribution >= 0.6 is 0 Å². The lowest BCUT2D eigenvalue weighted by Gasteiger charge is -2.54. The topological polar surface area (TPSA) is 86.2 Å². The standard InChI is InChI=1S/C29H32N4O2.C2H6/c1-18-11-21(7-9-25(18)28(34)33-22-14-29(15-22)16-32-17-29)20-5-4-6-23(12-20)35-24-8-10-26(19(2)30)27(13-24)31-3;1-2/h4-13,22,30-32H,14-17H2,1-3H3,(H,33,34);1-2H3. The zero-order valence-electron chi connectivity index (χ0n) is 22.5. The molecule has 1 aliphatic carbocycles. The highest BCUT2D eigenvalue weighted by Crippen LogP contribution is 2.44. The number of carbonyl (C=O) groups is 1. The van der Waals surface area contributed by atoms with Gasteiger partial charge in [0.15, 0.2) is 0 Å². The Balaban J connectivity index is 0.00000156. The van der Waals surface area contributed by atoms with E-state index in [0.29, 0.717) is 16.9 Å². The van der Waals surface area contributed by atoms with E-state index >= 15 is 0 Å². The fourth-order valence-corrected chi connectivity index (χ4v) is 5.21. The van der Waals surface area contributed by atoms with Crippen molar-refractivity contribution in [3.8, 4) is 22.6 Å². The number of aryl methyl sites for hydroxylation is 1. The first-order chi connectivity index (χ1) is 17.9. The Morgan fingerprint density at radius 1 is 0.973 bits per heavy atom. The summed E-state index contributed by atoms with van der Waals surface area (Å²) in [6.07, 6.45) is 2.16. The fourth-order valence-electron chi connectivity index (χ4n) is 5.21. The monoisotopic (exact) mass is 498 g/mol. The van der Waals surface area contributed by atoms with E-state index < -0.39 is 0 Å². The summed E-state index contributed by atoms with van der Waals surface area (Å²) in [7, 11) is 1.84. The van der Waals surface area contributed by atoms with Crippen molar-refractivity contribution in [2.75, 3.05) is 25.5 Å². The average molecular weight is 499 g/mol. The third-order valence-corrected chi connectivity index (χ3v) is 7.23. The first-order valence-electron chi connectivity index (χ1n) is 13.1. The molecular formula is C31H38N4O2. The number of hydrogen-bond donors (Lipinski definition) is 4. The SMILES string of the molecule is CC.CNc1cc(Oc2cccc(-c3ccc(C(=O)NC4CC5(CNC5)C4)c(C)c3)c2)ccc1C(C)=N. The molecule has 1 amide bonds. The molecule has 2 aliphatic rings. The van der Waals surface area contributed by atoms with Gasteiger partial charge in [0.25, 0.3) is 5.91 Å². The van der Waals surface area contributed by atoms with Crippen LogP contribution in [0.4, 0.5) is 5.69 Å². The molecule has 1 aliphatic heterocycles. The highest BCUT2D eigenvalue weighted by molar-refractivity contribution is 6.01. The quantitative estimate of drug-likeness (QED) is 0.284. The lowest BCUT2D eigenvalue weighted by atomic mass is 9.61. The summed E-state index contributed by atoms with van der Waals surface area (Å²) in [5.74, 6) is 1.45. The third-order valence-electron chi connectivity index (χ3n) is 7.23. The van der Waals surface area contributed by atoms with Crippen molar-refractivity contribution in [1.29, 1.82) is 5.41 Å². The molecule has 1 spiro atoms. The Labute approximate surface area is 220 Å². The van der Waals surface area contributed by atoms with Crippen LogP contribution < -0.4 is 20.7 Å². The maximum atomic E-state index is 12.8. The molecule has 37 heavy (non-hydrogen) atoms. The van der Waals surface area contributed by atoms with Crippen LogP contribution in [0.1, 0.15) is 55.1 Å². The van der Waals surface area contributed by atoms with Gasteiger partial charge in [-0.15, -0.1) is 0 Å². The van der Waals surface area contributed by atoms with Crippen LogP contribution in [0.15, 0.2) is 60.7 Å². The number of nitrogens with one attached hydrogen (secondary N) is 4. The number of carbonyl (C=O) groups excluding carboxylic acids is 1. The minimum atomic E-state index is 0.0159. The molecule has 3 aromatic carbocycles. The number of amides is 1.